The smallest absolute Gasteiger partial charge is 0.336 e. The number of aliphatic hydroxyl groups is 1. The Balaban J connectivity index is 1.75. The van der Waals surface area contributed by atoms with E-state index in [9.17, 15) is 14.7 Å². The number of benzene rings is 2. The molecule has 1 aliphatic rings. The molecule has 2 aromatic rings. The lowest BCUT2D eigenvalue weighted by Gasteiger charge is -2.22. The van der Waals surface area contributed by atoms with E-state index >= 15 is 0 Å². The van der Waals surface area contributed by atoms with Crippen molar-refractivity contribution < 1.29 is 24.9 Å². The topological polar surface area (TPSA) is 107 Å². The normalized spacial score (nSPS) is 15.3. The Labute approximate surface area is 157 Å². The number of nitrogens with one attached hydrogen (secondary N) is 1. The van der Waals surface area contributed by atoms with Crippen LogP contribution in [0.15, 0.2) is 42.5 Å². The number of carboxylic acid groups (broad SMARTS) is 2. The van der Waals surface area contributed by atoms with Gasteiger partial charge in [-0.05, 0) is 42.4 Å². The largest absolute Gasteiger partial charge is 0.481 e. The number of hydrogen-bond donors (Lipinski definition) is 4. The van der Waals surface area contributed by atoms with E-state index in [1.165, 1.54) is 11.3 Å². The summed E-state index contributed by atoms with van der Waals surface area (Å²) in [5.41, 5.74) is 3.26. The quantitative estimate of drug-likeness (QED) is 0.598. The SMILES string of the molecule is O=C(O)CC(O)(CCc1ccc(-c2cccc3c2NCCC3)cc1)C(=O)O. The molecule has 0 saturated carbocycles. The number of para-hydroxylation sites is 1. The van der Waals surface area contributed by atoms with Gasteiger partial charge in [0.25, 0.3) is 0 Å². The van der Waals surface area contributed by atoms with Gasteiger partial charge in [0.15, 0.2) is 5.60 Å². The first kappa shape index (κ1) is 18.9. The van der Waals surface area contributed by atoms with Gasteiger partial charge in [-0.2, -0.15) is 0 Å². The Morgan fingerprint density at radius 2 is 1.81 bits per heavy atom. The van der Waals surface area contributed by atoms with Crippen molar-refractivity contribution in [3.63, 3.8) is 0 Å². The third kappa shape index (κ3) is 4.28. The van der Waals surface area contributed by atoms with Crippen LogP contribution in [0.3, 0.4) is 0 Å². The molecule has 0 spiro atoms. The van der Waals surface area contributed by atoms with Gasteiger partial charge in [-0.1, -0.05) is 42.5 Å². The van der Waals surface area contributed by atoms with Gasteiger partial charge in [0.1, 0.15) is 0 Å². The van der Waals surface area contributed by atoms with E-state index in [1.807, 2.05) is 30.3 Å². The van der Waals surface area contributed by atoms with Crippen LogP contribution in [0.5, 0.6) is 0 Å². The van der Waals surface area contributed by atoms with Gasteiger partial charge in [0.05, 0.1) is 6.42 Å². The Bertz CT molecular complexity index is 846. The zero-order valence-electron chi connectivity index (χ0n) is 14.9. The lowest BCUT2D eigenvalue weighted by atomic mass is 9.90. The molecule has 0 aliphatic carbocycles. The monoisotopic (exact) mass is 369 g/mol. The predicted molar refractivity (Wildman–Crippen MR) is 102 cm³/mol. The maximum absolute atomic E-state index is 11.2. The molecule has 0 amide bonds. The summed E-state index contributed by atoms with van der Waals surface area (Å²) in [7, 11) is 0. The maximum atomic E-state index is 11.2. The first-order chi connectivity index (χ1) is 12.9. The molecular formula is C21H23NO5. The second kappa shape index (κ2) is 7.80. The van der Waals surface area contributed by atoms with Crippen molar-refractivity contribution >= 4 is 17.6 Å². The molecule has 142 valence electrons. The van der Waals surface area contributed by atoms with Crippen molar-refractivity contribution in [1.29, 1.82) is 0 Å². The van der Waals surface area contributed by atoms with Gasteiger partial charge in [0, 0.05) is 17.8 Å². The molecule has 27 heavy (non-hydrogen) atoms. The fourth-order valence-corrected chi connectivity index (χ4v) is 3.47. The van der Waals surface area contributed by atoms with Crippen LogP contribution in [0.1, 0.15) is 30.4 Å². The zero-order valence-corrected chi connectivity index (χ0v) is 14.9. The first-order valence-electron chi connectivity index (χ1n) is 9.02. The molecule has 1 heterocycles. The number of anilines is 1. The average Bonchev–Trinajstić information content (AvgIpc) is 2.66. The fourth-order valence-electron chi connectivity index (χ4n) is 3.47. The number of hydrogen-bond acceptors (Lipinski definition) is 4. The Morgan fingerprint density at radius 1 is 1.07 bits per heavy atom. The van der Waals surface area contributed by atoms with Crippen molar-refractivity contribution in [2.45, 2.75) is 37.7 Å². The Hall–Kier alpha value is -2.86. The number of aliphatic carboxylic acids is 2. The van der Waals surface area contributed by atoms with Crippen LogP contribution in [0.4, 0.5) is 5.69 Å². The van der Waals surface area contributed by atoms with Gasteiger partial charge < -0.3 is 20.6 Å². The number of carboxylic acids is 2. The molecule has 2 aromatic carbocycles. The van der Waals surface area contributed by atoms with Crippen molar-refractivity contribution in [2.75, 3.05) is 11.9 Å². The van der Waals surface area contributed by atoms with Crippen molar-refractivity contribution in [1.82, 2.24) is 0 Å². The summed E-state index contributed by atoms with van der Waals surface area (Å²) in [4.78, 5) is 22.1. The average molecular weight is 369 g/mol. The number of rotatable bonds is 7. The van der Waals surface area contributed by atoms with E-state index in [0.29, 0.717) is 0 Å². The molecule has 0 saturated heterocycles. The minimum atomic E-state index is -2.26. The van der Waals surface area contributed by atoms with Crippen LogP contribution < -0.4 is 5.32 Å². The van der Waals surface area contributed by atoms with Gasteiger partial charge in [-0.15, -0.1) is 0 Å². The summed E-state index contributed by atoms with van der Waals surface area (Å²) in [5.74, 6) is -2.85. The molecule has 0 fully saturated rings. The van der Waals surface area contributed by atoms with Gasteiger partial charge in [-0.3, -0.25) is 4.79 Å². The summed E-state index contributed by atoms with van der Waals surface area (Å²) in [5, 5.41) is 31.5. The van der Waals surface area contributed by atoms with Crippen molar-refractivity contribution in [3.8, 4) is 11.1 Å². The zero-order chi connectivity index (χ0) is 19.4. The number of fused-ring (bicyclic) bond motifs is 1. The maximum Gasteiger partial charge on any atom is 0.336 e. The van der Waals surface area contributed by atoms with E-state index in [0.717, 1.165) is 36.1 Å². The van der Waals surface area contributed by atoms with E-state index < -0.39 is 24.0 Å². The number of carbonyl (C=O) groups is 2. The van der Waals surface area contributed by atoms with E-state index in [2.05, 4.69) is 17.4 Å². The molecule has 0 bridgehead atoms. The van der Waals surface area contributed by atoms with Crippen LogP contribution >= 0.6 is 0 Å². The second-order valence-corrected chi connectivity index (χ2v) is 6.97. The van der Waals surface area contributed by atoms with E-state index in [4.69, 9.17) is 10.2 Å². The summed E-state index contributed by atoms with van der Waals surface area (Å²) in [6, 6.07) is 14.0. The molecule has 1 atom stereocenters. The standard InChI is InChI=1S/C21H23NO5/c23-18(24)13-21(27,20(25)26)11-10-14-6-8-15(9-7-14)17-5-1-3-16-4-2-12-22-19(16)17/h1,3,5-9,22,27H,2,4,10-13H2,(H,23,24)(H,25,26). The predicted octanol–water partition coefficient (Wildman–Crippen LogP) is 2.93. The lowest BCUT2D eigenvalue weighted by molar-refractivity contribution is -0.166. The molecule has 1 unspecified atom stereocenters. The van der Waals surface area contributed by atoms with Crippen molar-refractivity contribution in [2.24, 2.45) is 0 Å². The van der Waals surface area contributed by atoms with E-state index in [-0.39, 0.29) is 12.8 Å². The molecule has 1 aliphatic heterocycles. The third-order valence-electron chi connectivity index (χ3n) is 5.01. The summed E-state index contributed by atoms with van der Waals surface area (Å²) >= 11 is 0. The molecule has 6 heteroatoms. The second-order valence-electron chi connectivity index (χ2n) is 6.97. The highest BCUT2D eigenvalue weighted by Gasteiger charge is 2.38. The molecule has 0 aromatic heterocycles. The summed E-state index contributed by atoms with van der Waals surface area (Å²) in [6.45, 7) is 0.958. The molecular weight excluding hydrogens is 346 g/mol. The van der Waals surface area contributed by atoms with Gasteiger partial charge in [0.2, 0.25) is 0 Å². The molecule has 6 nitrogen and oxygen atoms in total. The highest BCUT2D eigenvalue weighted by Crippen LogP contribution is 2.34. The van der Waals surface area contributed by atoms with E-state index in [1.54, 1.807) is 0 Å². The van der Waals surface area contributed by atoms with Gasteiger partial charge in [-0.25, -0.2) is 4.79 Å². The van der Waals surface area contributed by atoms with Crippen LogP contribution in [-0.4, -0.2) is 39.4 Å². The Kier molecular flexibility index (Phi) is 5.46. The highest BCUT2D eigenvalue weighted by molar-refractivity contribution is 5.83. The Morgan fingerprint density at radius 3 is 2.48 bits per heavy atom. The third-order valence-corrected chi connectivity index (χ3v) is 5.01. The van der Waals surface area contributed by atoms with Crippen LogP contribution in [-0.2, 0) is 22.4 Å². The summed E-state index contributed by atoms with van der Waals surface area (Å²) < 4.78 is 0. The summed E-state index contributed by atoms with van der Waals surface area (Å²) in [6.07, 6.45) is 1.49. The van der Waals surface area contributed by atoms with Crippen LogP contribution in [0, 0.1) is 0 Å². The minimum Gasteiger partial charge on any atom is -0.481 e. The lowest BCUT2D eigenvalue weighted by Crippen LogP contribution is -2.41. The van der Waals surface area contributed by atoms with Crippen LogP contribution in [0.2, 0.25) is 0 Å². The minimum absolute atomic E-state index is 0.156. The first-order valence-corrected chi connectivity index (χ1v) is 9.02. The highest BCUT2D eigenvalue weighted by atomic mass is 16.4. The molecule has 0 radical (unpaired) electrons. The van der Waals surface area contributed by atoms with Crippen LogP contribution in [0.25, 0.3) is 11.1 Å². The number of aryl methyl sites for hydroxylation is 2. The molecule has 4 N–H and O–H groups in total. The van der Waals surface area contributed by atoms with Gasteiger partial charge >= 0.3 is 11.9 Å². The molecule has 3 rings (SSSR count). The fraction of sp³-hybridized carbons (Fsp3) is 0.333. The van der Waals surface area contributed by atoms with Crippen molar-refractivity contribution in [3.05, 3.63) is 53.6 Å².